The zero-order chi connectivity index (χ0) is 8.10. The Hall–Kier alpha value is -0.0800. The first-order valence-electron chi connectivity index (χ1n) is 4.57. The van der Waals surface area contributed by atoms with Crippen molar-refractivity contribution in [1.82, 2.24) is 0 Å². The molecule has 1 saturated heterocycles. The van der Waals surface area contributed by atoms with Crippen molar-refractivity contribution in [1.29, 1.82) is 0 Å². The molecular weight excluding hydrogens is 140 g/mol. The summed E-state index contributed by atoms with van der Waals surface area (Å²) in [6.45, 7) is 5.26. The van der Waals surface area contributed by atoms with Crippen LogP contribution in [0.25, 0.3) is 0 Å². The van der Waals surface area contributed by atoms with Gasteiger partial charge in [0.25, 0.3) is 0 Å². The third-order valence-electron chi connectivity index (χ3n) is 2.02. The highest BCUT2D eigenvalue weighted by molar-refractivity contribution is 4.60. The van der Waals surface area contributed by atoms with Crippen LogP contribution in [0.15, 0.2) is 0 Å². The second-order valence-electron chi connectivity index (χ2n) is 3.65. The van der Waals surface area contributed by atoms with Crippen LogP contribution in [0.5, 0.6) is 0 Å². The van der Waals surface area contributed by atoms with Crippen LogP contribution in [-0.4, -0.2) is 12.7 Å². The molecule has 0 spiro atoms. The van der Waals surface area contributed by atoms with Gasteiger partial charge in [-0.2, -0.15) is 0 Å². The van der Waals surface area contributed by atoms with Gasteiger partial charge in [0.05, 0.1) is 12.7 Å². The lowest BCUT2D eigenvalue weighted by atomic mass is 10.0. The summed E-state index contributed by atoms with van der Waals surface area (Å²) in [4.78, 5) is 10.0. The van der Waals surface area contributed by atoms with E-state index in [1.54, 1.807) is 0 Å². The van der Waals surface area contributed by atoms with E-state index in [4.69, 9.17) is 9.78 Å². The topological polar surface area (TPSA) is 18.5 Å². The summed E-state index contributed by atoms with van der Waals surface area (Å²) in [6, 6.07) is 0. The summed E-state index contributed by atoms with van der Waals surface area (Å²) in [5, 5.41) is 0. The fourth-order valence-electron chi connectivity index (χ4n) is 1.27. The molecule has 1 unspecified atom stereocenters. The maximum absolute atomic E-state index is 5.13. The molecule has 0 aliphatic carbocycles. The fourth-order valence-corrected chi connectivity index (χ4v) is 1.27. The standard InChI is InChI=1S/C9H18O2/c1-8(2)5-6-9-4-3-7-10-11-9/h8-9H,3-7H2,1-2H3. The van der Waals surface area contributed by atoms with Crippen LogP contribution >= 0.6 is 0 Å². The Labute approximate surface area is 68.8 Å². The molecule has 0 N–H and O–H groups in total. The van der Waals surface area contributed by atoms with Crippen LogP contribution in [0.4, 0.5) is 0 Å². The summed E-state index contributed by atoms with van der Waals surface area (Å²) in [7, 11) is 0. The van der Waals surface area contributed by atoms with Crippen LogP contribution < -0.4 is 0 Å². The van der Waals surface area contributed by atoms with Gasteiger partial charge in [0, 0.05) is 0 Å². The highest BCUT2D eigenvalue weighted by Crippen LogP contribution is 2.17. The largest absolute Gasteiger partial charge is 0.236 e. The Balaban J connectivity index is 2.05. The van der Waals surface area contributed by atoms with Crippen molar-refractivity contribution < 1.29 is 9.78 Å². The van der Waals surface area contributed by atoms with Gasteiger partial charge in [-0.1, -0.05) is 13.8 Å². The summed E-state index contributed by atoms with van der Waals surface area (Å²) < 4.78 is 0. The molecule has 2 heteroatoms. The smallest absolute Gasteiger partial charge is 0.0931 e. The Morgan fingerprint density at radius 3 is 2.82 bits per heavy atom. The third-order valence-corrected chi connectivity index (χ3v) is 2.02. The molecule has 1 aliphatic heterocycles. The van der Waals surface area contributed by atoms with Gasteiger partial charge >= 0.3 is 0 Å². The van der Waals surface area contributed by atoms with E-state index in [9.17, 15) is 0 Å². The van der Waals surface area contributed by atoms with E-state index >= 15 is 0 Å². The minimum absolute atomic E-state index is 0.367. The van der Waals surface area contributed by atoms with Gasteiger partial charge in [-0.05, 0) is 31.6 Å². The normalized spacial score (nSPS) is 25.9. The molecule has 0 saturated carbocycles. The van der Waals surface area contributed by atoms with E-state index in [2.05, 4.69) is 13.8 Å². The van der Waals surface area contributed by atoms with Gasteiger partial charge in [-0.3, -0.25) is 0 Å². The van der Waals surface area contributed by atoms with Crippen molar-refractivity contribution in [2.24, 2.45) is 5.92 Å². The molecule has 0 radical (unpaired) electrons. The lowest BCUT2D eigenvalue weighted by Crippen LogP contribution is -2.20. The molecule has 0 aromatic heterocycles. The van der Waals surface area contributed by atoms with Crippen LogP contribution in [0.3, 0.4) is 0 Å². The molecule has 11 heavy (non-hydrogen) atoms. The monoisotopic (exact) mass is 158 g/mol. The van der Waals surface area contributed by atoms with Gasteiger partial charge < -0.3 is 0 Å². The summed E-state index contributed by atoms with van der Waals surface area (Å²) in [5.41, 5.74) is 0. The van der Waals surface area contributed by atoms with Crippen molar-refractivity contribution in [3.63, 3.8) is 0 Å². The highest BCUT2D eigenvalue weighted by Gasteiger charge is 2.14. The Morgan fingerprint density at radius 1 is 1.45 bits per heavy atom. The number of hydrogen-bond acceptors (Lipinski definition) is 2. The molecule has 0 aromatic carbocycles. The molecular formula is C9H18O2. The van der Waals surface area contributed by atoms with Gasteiger partial charge in [0.15, 0.2) is 0 Å². The van der Waals surface area contributed by atoms with E-state index in [1.165, 1.54) is 12.8 Å². The lowest BCUT2D eigenvalue weighted by molar-refractivity contribution is -0.345. The molecule has 1 heterocycles. The maximum atomic E-state index is 5.13. The van der Waals surface area contributed by atoms with E-state index in [1.807, 2.05) is 0 Å². The van der Waals surface area contributed by atoms with Crippen molar-refractivity contribution in [3.8, 4) is 0 Å². The van der Waals surface area contributed by atoms with E-state index < -0.39 is 0 Å². The van der Waals surface area contributed by atoms with E-state index in [-0.39, 0.29) is 0 Å². The molecule has 66 valence electrons. The van der Waals surface area contributed by atoms with Gasteiger partial charge in [-0.25, -0.2) is 9.78 Å². The summed E-state index contributed by atoms with van der Waals surface area (Å²) in [6.07, 6.45) is 5.09. The Bertz CT molecular complexity index is 95.7. The first-order valence-corrected chi connectivity index (χ1v) is 4.57. The maximum Gasteiger partial charge on any atom is 0.0931 e. The molecule has 1 atom stereocenters. The molecule has 0 aromatic rings. The summed E-state index contributed by atoms with van der Waals surface area (Å²) >= 11 is 0. The van der Waals surface area contributed by atoms with Gasteiger partial charge in [0.1, 0.15) is 0 Å². The number of hydrogen-bond donors (Lipinski definition) is 0. The third kappa shape index (κ3) is 3.73. The van der Waals surface area contributed by atoms with E-state index in [0.29, 0.717) is 6.10 Å². The Morgan fingerprint density at radius 2 is 2.27 bits per heavy atom. The zero-order valence-corrected chi connectivity index (χ0v) is 7.51. The number of rotatable bonds is 3. The first-order chi connectivity index (χ1) is 5.29. The first kappa shape index (κ1) is 9.01. The van der Waals surface area contributed by atoms with Gasteiger partial charge in [0.2, 0.25) is 0 Å². The minimum Gasteiger partial charge on any atom is -0.236 e. The van der Waals surface area contributed by atoms with Gasteiger partial charge in [-0.15, -0.1) is 0 Å². The average Bonchev–Trinajstić information content (AvgIpc) is 2.03. The second-order valence-corrected chi connectivity index (χ2v) is 3.65. The molecule has 2 nitrogen and oxygen atoms in total. The van der Waals surface area contributed by atoms with Crippen molar-refractivity contribution in [2.75, 3.05) is 6.61 Å². The van der Waals surface area contributed by atoms with E-state index in [0.717, 1.165) is 25.4 Å². The molecule has 1 aliphatic rings. The van der Waals surface area contributed by atoms with Crippen LogP contribution in [0.1, 0.15) is 39.5 Å². The van der Waals surface area contributed by atoms with Crippen molar-refractivity contribution in [3.05, 3.63) is 0 Å². The van der Waals surface area contributed by atoms with Crippen molar-refractivity contribution >= 4 is 0 Å². The molecule has 1 fully saturated rings. The van der Waals surface area contributed by atoms with Crippen LogP contribution in [0, 0.1) is 5.92 Å². The Kier molecular flexibility index (Phi) is 3.87. The summed E-state index contributed by atoms with van der Waals surface area (Å²) in [5.74, 6) is 0.778. The zero-order valence-electron chi connectivity index (χ0n) is 7.51. The average molecular weight is 158 g/mol. The fraction of sp³-hybridized carbons (Fsp3) is 1.00. The molecule has 1 rings (SSSR count). The van der Waals surface area contributed by atoms with Crippen LogP contribution in [-0.2, 0) is 9.78 Å². The molecule has 0 bridgehead atoms. The SMILES string of the molecule is CC(C)CCC1CCCOO1. The molecule has 0 amide bonds. The predicted molar refractivity (Wildman–Crippen MR) is 44.1 cm³/mol. The predicted octanol–water partition coefficient (Wildman–Crippen LogP) is 2.53. The van der Waals surface area contributed by atoms with Crippen LogP contribution in [0.2, 0.25) is 0 Å². The van der Waals surface area contributed by atoms with Crippen molar-refractivity contribution in [2.45, 2.75) is 45.6 Å². The quantitative estimate of drug-likeness (QED) is 0.588. The minimum atomic E-state index is 0.367. The second kappa shape index (κ2) is 4.73. The lowest BCUT2D eigenvalue weighted by Gasteiger charge is -2.21. The highest BCUT2D eigenvalue weighted by atomic mass is 17.2.